The molecule has 0 bridgehead atoms. The number of pyridine rings is 1. The van der Waals surface area contributed by atoms with Gasteiger partial charge in [0.1, 0.15) is 0 Å². The number of benzene rings is 2. The summed E-state index contributed by atoms with van der Waals surface area (Å²) in [4.78, 5) is 14.1. The molecule has 0 aliphatic carbocycles. The number of aryl methyl sites for hydroxylation is 2. The first kappa shape index (κ1) is 21.8. The summed E-state index contributed by atoms with van der Waals surface area (Å²) in [5.74, 6) is 0.863. The molecule has 5 aromatic rings. The first-order valence-electron chi connectivity index (χ1n) is 11.9. The number of nitrogens with zero attached hydrogens (tertiary/aromatic N) is 8. The van der Waals surface area contributed by atoms with Gasteiger partial charge in [0.2, 0.25) is 0 Å². The zero-order chi connectivity index (χ0) is 23.5. The van der Waals surface area contributed by atoms with Crippen LogP contribution in [0.25, 0.3) is 10.2 Å². The Hall–Kier alpha value is -3.69. The maximum absolute atomic E-state index is 4.86. The zero-order valence-corrected chi connectivity index (χ0v) is 20.1. The fourth-order valence-electron chi connectivity index (χ4n) is 4.67. The van der Waals surface area contributed by atoms with Crippen LogP contribution in [0.2, 0.25) is 0 Å². The van der Waals surface area contributed by atoms with Crippen LogP contribution >= 0.6 is 11.3 Å². The van der Waals surface area contributed by atoms with Crippen molar-refractivity contribution in [1.29, 1.82) is 0 Å². The molecule has 9 heteroatoms. The van der Waals surface area contributed by atoms with Crippen molar-refractivity contribution in [2.24, 2.45) is 0 Å². The van der Waals surface area contributed by atoms with Gasteiger partial charge in [0.05, 0.1) is 16.3 Å². The fourth-order valence-corrected chi connectivity index (χ4v) is 5.69. The predicted molar refractivity (Wildman–Crippen MR) is 137 cm³/mol. The molecular formula is C26H26N8S. The second-order valence-electron chi connectivity index (χ2n) is 8.67. The third-order valence-electron chi connectivity index (χ3n) is 6.49. The SMILES string of the molecule is c1ccc(CCn2nnnc2[C@@H](c2cccnc2)N2CCN(c3nc4ccccc4s3)CC2)cc1. The summed E-state index contributed by atoms with van der Waals surface area (Å²) < 4.78 is 3.18. The van der Waals surface area contributed by atoms with Crippen LogP contribution in [-0.4, -0.2) is 61.3 Å². The van der Waals surface area contributed by atoms with Crippen LogP contribution in [0.5, 0.6) is 0 Å². The molecule has 35 heavy (non-hydrogen) atoms. The van der Waals surface area contributed by atoms with E-state index in [-0.39, 0.29) is 6.04 Å². The van der Waals surface area contributed by atoms with E-state index in [1.807, 2.05) is 35.3 Å². The Kier molecular flexibility index (Phi) is 6.17. The summed E-state index contributed by atoms with van der Waals surface area (Å²) in [6.07, 6.45) is 4.62. The number of aromatic nitrogens is 6. The maximum atomic E-state index is 4.86. The molecule has 0 N–H and O–H groups in total. The minimum Gasteiger partial charge on any atom is -0.345 e. The number of thiazole rings is 1. The van der Waals surface area contributed by atoms with Gasteiger partial charge >= 0.3 is 0 Å². The Bertz CT molecular complexity index is 1340. The van der Waals surface area contributed by atoms with E-state index in [4.69, 9.17) is 4.98 Å². The lowest BCUT2D eigenvalue weighted by Gasteiger charge is -2.38. The van der Waals surface area contributed by atoms with Crippen LogP contribution in [0.1, 0.15) is 23.0 Å². The number of anilines is 1. The minimum atomic E-state index is -0.0491. The minimum absolute atomic E-state index is 0.0491. The van der Waals surface area contributed by atoms with Gasteiger partial charge in [-0.05, 0) is 46.2 Å². The van der Waals surface area contributed by atoms with Crippen molar-refractivity contribution < 1.29 is 0 Å². The number of para-hydroxylation sites is 1. The second-order valence-corrected chi connectivity index (χ2v) is 9.68. The van der Waals surface area contributed by atoms with Crippen molar-refractivity contribution >= 4 is 26.7 Å². The maximum Gasteiger partial charge on any atom is 0.186 e. The zero-order valence-electron chi connectivity index (χ0n) is 19.3. The fraction of sp³-hybridized carbons (Fsp3) is 0.269. The molecular weight excluding hydrogens is 456 g/mol. The molecule has 8 nitrogen and oxygen atoms in total. The summed E-state index contributed by atoms with van der Waals surface area (Å²) in [6.45, 7) is 4.32. The van der Waals surface area contributed by atoms with E-state index in [0.717, 1.165) is 61.2 Å². The third kappa shape index (κ3) is 4.65. The summed E-state index contributed by atoms with van der Waals surface area (Å²) >= 11 is 1.76. The van der Waals surface area contributed by atoms with Crippen LogP contribution in [-0.2, 0) is 13.0 Å². The molecule has 1 atom stereocenters. The first-order chi connectivity index (χ1) is 17.3. The number of hydrogen-bond acceptors (Lipinski definition) is 8. The summed E-state index contributed by atoms with van der Waals surface area (Å²) in [5, 5.41) is 14.0. The Labute approximate surface area is 207 Å². The highest BCUT2D eigenvalue weighted by Gasteiger charge is 2.31. The van der Waals surface area contributed by atoms with E-state index in [2.05, 4.69) is 78.8 Å². The number of fused-ring (bicyclic) bond motifs is 1. The first-order valence-corrected chi connectivity index (χ1v) is 12.7. The van der Waals surface area contributed by atoms with Crippen molar-refractivity contribution in [3.8, 4) is 0 Å². The van der Waals surface area contributed by atoms with Crippen molar-refractivity contribution in [3.63, 3.8) is 0 Å². The number of hydrogen-bond donors (Lipinski definition) is 0. The van der Waals surface area contributed by atoms with Gasteiger partial charge in [-0.2, -0.15) is 0 Å². The van der Waals surface area contributed by atoms with E-state index in [0.29, 0.717) is 0 Å². The van der Waals surface area contributed by atoms with Crippen LogP contribution in [0.4, 0.5) is 5.13 Å². The highest BCUT2D eigenvalue weighted by molar-refractivity contribution is 7.22. The predicted octanol–water partition coefficient (Wildman–Crippen LogP) is 3.83. The van der Waals surface area contributed by atoms with Gasteiger partial charge in [0.25, 0.3) is 0 Å². The van der Waals surface area contributed by atoms with Crippen LogP contribution < -0.4 is 4.90 Å². The number of piperazine rings is 1. The van der Waals surface area contributed by atoms with Crippen molar-refractivity contribution in [3.05, 3.63) is 96.1 Å². The molecule has 176 valence electrons. The van der Waals surface area contributed by atoms with E-state index in [9.17, 15) is 0 Å². The lowest BCUT2D eigenvalue weighted by atomic mass is 10.1. The molecule has 1 fully saturated rings. The summed E-state index contributed by atoms with van der Waals surface area (Å²) in [6, 6.07) is 22.9. The van der Waals surface area contributed by atoms with Crippen molar-refractivity contribution in [2.75, 3.05) is 31.1 Å². The average Bonchev–Trinajstić information content (AvgIpc) is 3.57. The summed E-state index contributed by atoms with van der Waals surface area (Å²) in [7, 11) is 0. The highest BCUT2D eigenvalue weighted by atomic mass is 32.1. The number of tetrazole rings is 1. The second kappa shape index (κ2) is 9.89. The molecule has 1 aliphatic heterocycles. The van der Waals surface area contributed by atoms with Crippen LogP contribution in [0.3, 0.4) is 0 Å². The molecule has 2 aromatic carbocycles. The molecule has 1 saturated heterocycles. The van der Waals surface area contributed by atoms with E-state index in [1.165, 1.54) is 10.3 Å². The van der Waals surface area contributed by atoms with E-state index in [1.54, 1.807) is 11.3 Å². The van der Waals surface area contributed by atoms with Crippen molar-refractivity contribution in [2.45, 2.75) is 19.0 Å². The van der Waals surface area contributed by atoms with Gasteiger partial charge < -0.3 is 4.90 Å². The van der Waals surface area contributed by atoms with Gasteiger partial charge in [-0.25, -0.2) is 9.67 Å². The van der Waals surface area contributed by atoms with Crippen LogP contribution in [0.15, 0.2) is 79.1 Å². The molecule has 3 aromatic heterocycles. The molecule has 6 rings (SSSR count). The lowest BCUT2D eigenvalue weighted by molar-refractivity contribution is 0.200. The smallest absolute Gasteiger partial charge is 0.186 e. The Balaban J connectivity index is 1.23. The Morgan fingerprint density at radius 1 is 0.886 bits per heavy atom. The normalized spacial score (nSPS) is 15.5. The van der Waals surface area contributed by atoms with Gasteiger partial charge in [0.15, 0.2) is 11.0 Å². The Morgan fingerprint density at radius 2 is 1.71 bits per heavy atom. The van der Waals surface area contributed by atoms with Gasteiger partial charge in [0, 0.05) is 45.1 Å². The Morgan fingerprint density at radius 3 is 2.51 bits per heavy atom. The van der Waals surface area contributed by atoms with Crippen molar-refractivity contribution in [1.82, 2.24) is 35.1 Å². The highest BCUT2D eigenvalue weighted by Crippen LogP contribution is 2.32. The number of rotatable bonds is 7. The third-order valence-corrected chi connectivity index (χ3v) is 7.59. The molecule has 1 aliphatic rings. The molecule has 0 saturated carbocycles. The molecule has 0 unspecified atom stereocenters. The monoisotopic (exact) mass is 482 g/mol. The van der Waals surface area contributed by atoms with E-state index >= 15 is 0 Å². The van der Waals surface area contributed by atoms with Gasteiger partial charge in [-0.3, -0.25) is 9.88 Å². The van der Waals surface area contributed by atoms with Crippen LogP contribution in [0, 0.1) is 0 Å². The van der Waals surface area contributed by atoms with Gasteiger partial charge in [-0.15, -0.1) is 5.10 Å². The molecule has 0 amide bonds. The molecule has 0 spiro atoms. The lowest BCUT2D eigenvalue weighted by Crippen LogP contribution is -2.48. The van der Waals surface area contributed by atoms with E-state index < -0.39 is 0 Å². The standard InChI is InChI=1S/C26H26N8S/c1-2-7-20(8-3-1)12-14-34-25(29-30-31-34)24(21-9-6-13-27-19-21)32-15-17-33(18-16-32)26-28-22-10-4-5-11-23(22)35-26/h1-11,13,19,24H,12,14-18H2/t24-/m1/s1. The average molecular weight is 483 g/mol. The quantitative estimate of drug-likeness (QED) is 0.349. The molecule has 4 heterocycles. The molecule has 0 radical (unpaired) electrons. The summed E-state index contributed by atoms with van der Waals surface area (Å²) in [5.41, 5.74) is 3.45. The topological polar surface area (TPSA) is 75.9 Å². The van der Waals surface area contributed by atoms with Gasteiger partial charge in [-0.1, -0.05) is 59.9 Å². The largest absolute Gasteiger partial charge is 0.345 e.